The smallest absolute Gasteiger partial charge is 0.255 e. The molecule has 46 heavy (non-hydrogen) atoms. The summed E-state index contributed by atoms with van der Waals surface area (Å²) < 4.78 is 8.82. The number of methoxy groups -OCH3 is 1. The molecule has 6 rings (SSSR count). The number of nitrogens with zero attached hydrogens (tertiary/aromatic N) is 9. The van der Waals surface area contributed by atoms with E-state index < -0.39 is 0 Å². The van der Waals surface area contributed by atoms with E-state index in [4.69, 9.17) is 15.3 Å². The fraction of sp³-hybridized carbons (Fsp3) is 0.344. The molecular formula is C32H35N11O3. The molecule has 0 aliphatic carbocycles. The lowest BCUT2D eigenvalue weighted by molar-refractivity contribution is 0.0928. The standard InChI is InChI=1S/C17H19N5O2.C15H16N6O/c1-21-9-13(8-19-21)12-3-4-15(16(7-12)24-2)17(23)20-14-5-6-22(10-14)11-18;1-20-8-12(7-18-20)14-3-2-11(6-17-14)15(22)19-13-4-5-21(9-13)10-16/h3-4,7-9,14H,5-6,10H2,1-2H3,(H,20,23);2-3,6-8,13H,4-5,9H2,1H3,(H,19,22)/t14-;13-/m11/s1. The highest BCUT2D eigenvalue weighted by Crippen LogP contribution is 2.27. The maximum absolute atomic E-state index is 12.5. The van der Waals surface area contributed by atoms with E-state index in [1.807, 2.05) is 44.7 Å². The minimum atomic E-state index is -0.186. The second-order valence-corrected chi connectivity index (χ2v) is 11.2. The maximum atomic E-state index is 12.5. The lowest BCUT2D eigenvalue weighted by Crippen LogP contribution is -2.36. The predicted octanol–water partition coefficient (Wildman–Crippen LogP) is 2.15. The van der Waals surface area contributed by atoms with Gasteiger partial charge in [0, 0.05) is 82.1 Å². The molecule has 0 unspecified atom stereocenters. The molecule has 14 nitrogen and oxygen atoms in total. The lowest BCUT2D eigenvalue weighted by Gasteiger charge is -2.14. The number of hydrogen-bond acceptors (Lipinski definition) is 10. The van der Waals surface area contributed by atoms with Crippen LogP contribution in [0, 0.1) is 22.9 Å². The summed E-state index contributed by atoms with van der Waals surface area (Å²) in [5.74, 6) is 0.174. The van der Waals surface area contributed by atoms with E-state index in [1.54, 1.807) is 57.0 Å². The number of nitrogens with one attached hydrogen (secondary N) is 2. The summed E-state index contributed by atoms with van der Waals surface area (Å²) in [4.78, 5) is 32.3. The SMILES string of the molecule is COc1cc(-c2cnn(C)c2)ccc1C(=O)N[C@@H]1CCN(C#N)C1.Cn1cc(-c2ccc(C(=O)N[C@@H]3CCN(C#N)C3)cn2)cn1. The monoisotopic (exact) mass is 621 g/mol. The zero-order chi connectivity index (χ0) is 32.6. The number of nitriles is 2. The van der Waals surface area contributed by atoms with E-state index in [0.29, 0.717) is 43.1 Å². The summed E-state index contributed by atoms with van der Waals surface area (Å²) >= 11 is 0. The first-order valence-corrected chi connectivity index (χ1v) is 14.8. The van der Waals surface area contributed by atoms with Gasteiger partial charge in [0.2, 0.25) is 0 Å². The molecule has 0 radical (unpaired) electrons. The van der Waals surface area contributed by atoms with Crippen molar-refractivity contribution >= 4 is 11.8 Å². The average molecular weight is 622 g/mol. The van der Waals surface area contributed by atoms with Crippen LogP contribution in [0.1, 0.15) is 33.6 Å². The van der Waals surface area contributed by atoms with E-state index in [0.717, 1.165) is 35.2 Å². The number of likely N-dealkylation sites (tertiary alicyclic amines) is 2. The molecular weight excluding hydrogens is 586 g/mol. The molecule has 2 fully saturated rings. The average Bonchev–Trinajstić information content (AvgIpc) is 3.90. The number of pyridine rings is 1. The fourth-order valence-corrected chi connectivity index (χ4v) is 5.35. The Bertz CT molecular complexity index is 1770. The van der Waals surface area contributed by atoms with Crippen molar-refractivity contribution in [1.29, 1.82) is 10.5 Å². The number of rotatable bonds is 7. The van der Waals surface area contributed by atoms with Crippen LogP contribution in [0.4, 0.5) is 0 Å². The first-order valence-electron chi connectivity index (χ1n) is 14.8. The molecule has 2 aliphatic heterocycles. The van der Waals surface area contributed by atoms with Crippen molar-refractivity contribution in [2.24, 2.45) is 14.1 Å². The van der Waals surface area contributed by atoms with Gasteiger partial charge >= 0.3 is 0 Å². The third-order valence-electron chi connectivity index (χ3n) is 7.84. The van der Waals surface area contributed by atoms with Gasteiger partial charge in [0.15, 0.2) is 12.4 Å². The van der Waals surface area contributed by atoms with E-state index in [9.17, 15) is 9.59 Å². The van der Waals surface area contributed by atoms with Gasteiger partial charge in [-0.25, -0.2) is 0 Å². The summed E-state index contributed by atoms with van der Waals surface area (Å²) in [5, 5.41) is 31.9. The van der Waals surface area contributed by atoms with Gasteiger partial charge in [-0.05, 0) is 42.7 Å². The maximum Gasteiger partial charge on any atom is 0.255 e. The summed E-state index contributed by atoms with van der Waals surface area (Å²) in [6, 6.07) is 9.04. The van der Waals surface area contributed by atoms with Gasteiger partial charge in [0.25, 0.3) is 11.8 Å². The Labute approximate surface area is 266 Å². The summed E-state index contributed by atoms with van der Waals surface area (Å²) in [6.45, 7) is 2.50. The van der Waals surface area contributed by atoms with Crippen LogP contribution < -0.4 is 15.4 Å². The number of amides is 2. The van der Waals surface area contributed by atoms with Crippen molar-refractivity contribution < 1.29 is 14.3 Å². The number of benzene rings is 1. The number of aryl methyl sites for hydroxylation is 2. The Hall–Kier alpha value is -5.89. The first kappa shape index (κ1) is 31.5. The molecule has 0 spiro atoms. The van der Waals surface area contributed by atoms with Gasteiger partial charge in [0.1, 0.15) is 5.75 Å². The van der Waals surface area contributed by atoms with Crippen LogP contribution in [-0.4, -0.2) is 91.5 Å². The van der Waals surface area contributed by atoms with Crippen molar-refractivity contribution in [2.45, 2.75) is 24.9 Å². The van der Waals surface area contributed by atoms with Gasteiger partial charge in [-0.1, -0.05) is 6.07 Å². The Morgan fingerprint density at radius 2 is 1.43 bits per heavy atom. The third-order valence-corrected chi connectivity index (χ3v) is 7.84. The number of carbonyl (C=O) groups excluding carboxylic acids is 2. The molecule has 2 N–H and O–H groups in total. The predicted molar refractivity (Wildman–Crippen MR) is 168 cm³/mol. The van der Waals surface area contributed by atoms with Crippen molar-refractivity contribution in [1.82, 2.24) is 45.0 Å². The van der Waals surface area contributed by atoms with Crippen molar-refractivity contribution in [2.75, 3.05) is 33.3 Å². The van der Waals surface area contributed by atoms with Crippen LogP contribution >= 0.6 is 0 Å². The van der Waals surface area contributed by atoms with E-state index in [1.165, 1.54) is 0 Å². The van der Waals surface area contributed by atoms with E-state index in [2.05, 4.69) is 38.2 Å². The van der Waals surface area contributed by atoms with Crippen LogP contribution in [0.2, 0.25) is 0 Å². The van der Waals surface area contributed by atoms with Crippen molar-refractivity contribution in [3.05, 3.63) is 72.4 Å². The molecule has 0 bridgehead atoms. The van der Waals surface area contributed by atoms with Crippen LogP contribution in [-0.2, 0) is 14.1 Å². The van der Waals surface area contributed by atoms with Gasteiger partial charge < -0.3 is 25.2 Å². The van der Waals surface area contributed by atoms with Gasteiger partial charge in [-0.15, -0.1) is 0 Å². The number of ether oxygens (including phenoxy) is 1. The van der Waals surface area contributed by atoms with E-state index in [-0.39, 0.29) is 23.9 Å². The van der Waals surface area contributed by atoms with Crippen LogP contribution in [0.5, 0.6) is 5.75 Å². The molecule has 2 atom stereocenters. The molecule has 2 aliphatic rings. The molecule has 2 saturated heterocycles. The van der Waals surface area contributed by atoms with Crippen molar-refractivity contribution in [3.8, 4) is 40.5 Å². The Balaban J connectivity index is 0.000000182. The highest BCUT2D eigenvalue weighted by atomic mass is 16.5. The highest BCUT2D eigenvalue weighted by molar-refractivity contribution is 5.98. The highest BCUT2D eigenvalue weighted by Gasteiger charge is 2.25. The summed E-state index contributed by atoms with van der Waals surface area (Å²) in [7, 11) is 5.25. The topological polar surface area (TPSA) is 170 Å². The fourth-order valence-electron chi connectivity index (χ4n) is 5.35. The second-order valence-electron chi connectivity index (χ2n) is 11.2. The molecule has 236 valence electrons. The molecule has 4 aromatic rings. The second kappa shape index (κ2) is 14.3. The molecule has 14 heteroatoms. The van der Waals surface area contributed by atoms with Crippen LogP contribution in [0.15, 0.2) is 61.3 Å². The van der Waals surface area contributed by atoms with Crippen LogP contribution in [0.25, 0.3) is 22.4 Å². The number of carbonyl (C=O) groups is 2. The zero-order valence-electron chi connectivity index (χ0n) is 25.9. The quantitative estimate of drug-likeness (QED) is 0.292. The largest absolute Gasteiger partial charge is 0.496 e. The lowest BCUT2D eigenvalue weighted by atomic mass is 10.1. The van der Waals surface area contributed by atoms with Crippen molar-refractivity contribution in [3.63, 3.8) is 0 Å². The molecule has 1 aromatic carbocycles. The molecule has 3 aromatic heterocycles. The van der Waals surface area contributed by atoms with Gasteiger partial charge in [-0.2, -0.15) is 20.7 Å². The number of hydrogen-bond donors (Lipinski definition) is 2. The third kappa shape index (κ3) is 7.60. The van der Waals surface area contributed by atoms with E-state index >= 15 is 0 Å². The Morgan fingerprint density at radius 3 is 1.93 bits per heavy atom. The van der Waals surface area contributed by atoms with Gasteiger partial charge in [-0.3, -0.25) is 23.9 Å². The number of aromatic nitrogens is 5. The Morgan fingerprint density at radius 1 is 0.826 bits per heavy atom. The molecule has 2 amide bonds. The molecule has 5 heterocycles. The minimum Gasteiger partial charge on any atom is -0.496 e. The minimum absolute atomic E-state index is 0.0140. The summed E-state index contributed by atoms with van der Waals surface area (Å²) in [6.07, 6.45) is 14.6. The first-order chi connectivity index (χ1) is 22.3. The molecule has 0 saturated carbocycles. The zero-order valence-corrected chi connectivity index (χ0v) is 25.9. The van der Waals surface area contributed by atoms with Crippen LogP contribution in [0.3, 0.4) is 0 Å². The Kier molecular flexibility index (Phi) is 9.78. The normalized spacial score (nSPS) is 17.0. The van der Waals surface area contributed by atoms with Gasteiger partial charge in [0.05, 0.1) is 36.3 Å². The summed E-state index contributed by atoms with van der Waals surface area (Å²) in [5.41, 5.74) is 4.59.